The molecule has 0 aliphatic carbocycles. The third-order valence-corrected chi connectivity index (χ3v) is 4.60. The average molecular weight is 399 g/mol. The largest absolute Gasteiger partial charge is 0.478 e. The highest BCUT2D eigenvalue weighted by Crippen LogP contribution is 2.16. The first-order valence-electron chi connectivity index (χ1n) is 9.53. The molecule has 1 amide bonds. The van der Waals surface area contributed by atoms with E-state index in [1.165, 1.54) is 23.8 Å². The molecule has 6 heteroatoms. The summed E-state index contributed by atoms with van der Waals surface area (Å²) in [6.07, 6.45) is 4.94. The van der Waals surface area contributed by atoms with Crippen LogP contribution in [0.1, 0.15) is 28.0 Å². The van der Waals surface area contributed by atoms with Crippen molar-refractivity contribution in [1.29, 1.82) is 5.26 Å². The minimum Gasteiger partial charge on any atom is -0.478 e. The minimum atomic E-state index is -0.995. The molecule has 0 aliphatic heterocycles. The van der Waals surface area contributed by atoms with Crippen LogP contribution in [0.2, 0.25) is 0 Å². The Morgan fingerprint density at radius 3 is 2.43 bits per heavy atom. The standard InChI is InChI=1S/C24H21N3O3/c25-17-20(23(28)26-14-4-8-18-6-2-1-3-7-18)16-22-9-5-15-27(22)21-12-10-19(11-13-21)24(29)30/h1-3,5-7,9-13,15-16H,4,8,14H2,(H,26,28)(H,29,30)/b20-16-. The van der Waals surface area contributed by atoms with Crippen molar-refractivity contribution < 1.29 is 14.7 Å². The lowest BCUT2D eigenvalue weighted by molar-refractivity contribution is -0.117. The third kappa shape index (κ3) is 5.24. The second-order valence-electron chi connectivity index (χ2n) is 6.67. The summed E-state index contributed by atoms with van der Waals surface area (Å²) in [5.74, 6) is -1.41. The van der Waals surface area contributed by atoms with Gasteiger partial charge in [0.25, 0.3) is 5.91 Å². The highest BCUT2D eigenvalue weighted by Gasteiger charge is 2.11. The number of aromatic nitrogens is 1. The highest BCUT2D eigenvalue weighted by molar-refractivity contribution is 6.01. The van der Waals surface area contributed by atoms with Gasteiger partial charge in [0.05, 0.1) is 5.56 Å². The minimum absolute atomic E-state index is 0.0109. The molecule has 0 fully saturated rings. The number of aryl methyl sites for hydroxylation is 1. The molecule has 0 bridgehead atoms. The molecule has 0 radical (unpaired) electrons. The monoisotopic (exact) mass is 399 g/mol. The number of benzene rings is 2. The van der Waals surface area contributed by atoms with Gasteiger partial charge in [0.2, 0.25) is 0 Å². The Labute approximate surface area is 174 Å². The molecule has 0 unspecified atom stereocenters. The van der Waals surface area contributed by atoms with Crippen molar-refractivity contribution in [3.8, 4) is 11.8 Å². The zero-order chi connectivity index (χ0) is 21.3. The van der Waals surface area contributed by atoms with Crippen LogP contribution in [0.5, 0.6) is 0 Å². The van der Waals surface area contributed by atoms with Crippen LogP contribution in [0.3, 0.4) is 0 Å². The van der Waals surface area contributed by atoms with E-state index in [1.54, 1.807) is 35.0 Å². The van der Waals surface area contributed by atoms with Gasteiger partial charge in [-0.05, 0) is 60.9 Å². The van der Waals surface area contributed by atoms with Gasteiger partial charge in [-0.3, -0.25) is 4.79 Å². The number of carboxylic acid groups (broad SMARTS) is 1. The molecule has 30 heavy (non-hydrogen) atoms. The Morgan fingerprint density at radius 1 is 1.03 bits per heavy atom. The van der Waals surface area contributed by atoms with Gasteiger partial charge >= 0.3 is 5.97 Å². The summed E-state index contributed by atoms with van der Waals surface area (Å²) in [6, 6.07) is 21.9. The van der Waals surface area contributed by atoms with Crippen molar-refractivity contribution >= 4 is 18.0 Å². The molecule has 2 aromatic carbocycles. The molecule has 3 rings (SSSR count). The molecule has 3 aromatic rings. The van der Waals surface area contributed by atoms with Gasteiger partial charge in [0, 0.05) is 24.1 Å². The van der Waals surface area contributed by atoms with Crippen molar-refractivity contribution in [3.05, 3.63) is 95.3 Å². The smallest absolute Gasteiger partial charge is 0.335 e. The maximum atomic E-state index is 12.4. The first-order chi connectivity index (χ1) is 14.6. The number of hydrogen-bond donors (Lipinski definition) is 2. The number of nitriles is 1. The summed E-state index contributed by atoms with van der Waals surface area (Å²) in [5, 5.41) is 21.3. The quantitative estimate of drug-likeness (QED) is 0.342. The Hall–Kier alpha value is -4.11. The van der Waals surface area contributed by atoms with Gasteiger partial charge in [0.1, 0.15) is 11.6 Å². The molecule has 0 aliphatic rings. The van der Waals surface area contributed by atoms with Gasteiger partial charge in [-0.2, -0.15) is 5.26 Å². The second kappa shape index (κ2) is 9.89. The first kappa shape index (κ1) is 20.6. The summed E-state index contributed by atoms with van der Waals surface area (Å²) < 4.78 is 1.78. The van der Waals surface area contributed by atoms with Crippen LogP contribution in [0.25, 0.3) is 11.8 Å². The first-order valence-corrected chi connectivity index (χ1v) is 9.53. The van der Waals surface area contributed by atoms with E-state index in [2.05, 4.69) is 5.32 Å². The molecular weight excluding hydrogens is 378 g/mol. The van der Waals surface area contributed by atoms with E-state index < -0.39 is 11.9 Å². The van der Waals surface area contributed by atoms with E-state index in [1.807, 2.05) is 36.4 Å². The fourth-order valence-corrected chi connectivity index (χ4v) is 3.04. The SMILES string of the molecule is N#C/C(=C/c1cccn1-c1ccc(C(=O)O)cc1)C(=O)NCCCc1ccccc1. The van der Waals surface area contributed by atoms with Gasteiger partial charge in [-0.1, -0.05) is 30.3 Å². The summed E-state index contributed by atoms with van der Waals surface area (Å²) in [6.45, 7) is 0.477. The van der Waals surface area contributed by atoms with Crippen molar-refractivity contribution in [2.45, 2.75) is 12.8 Å². The highest BCUT2D eigenvalue weighted by atomic mass is 16.4. The van der Waals surface area contributed by atoms with E-state index >= 15 is 0 Å². The summed E-state index contributed by atoms with van der Waals surface area (Å²) >= 11 is 0. The molecule has 2 N–H and O–H groups in total. The van der Waals surface area contributed by atoms with Crippen molar-refractivity contribution in [1.82, 2.24) is 9.88 Å². The molecule has 0 saturated heterocycles. The summed E-state index contributed by atoms with van der Waals surface area (Å²) in [4.78, 5) is 23.4. The average Bonchev–Trinajstić information content (AvgIpc) is 3.24. The van der Waals surface area contributed by atoms with Crippen LogP contribution in [-0.2, 0) is 11.2 Å². The lowest BCUT2D eigenvalue weighted by Crippen LogP contribution is -2.26. The fraction of sp³-hybridized carbons (Fsp3) is 0.125. The topological polar surface area (TPSA) is 95.1 Å². The fourth-order valence-electron chi connectivity index (χ4n) is 3.04. The lowest BCUT2D eigenvalue weighted by Gasteiger charge is -2.08. The lowest BCUT2D eigenvalue weighted by atomic mass is 10.1. The van der Waals surface area contributed by atoms with E-state index in [9.17, 15) is 14.9 Å². The van der Waals surface area contributed by atoms with Gasteiger partial charge < -0.3 is 15.0 Å². The number of carboxylic acids is 1. The number of amides is 1. The van der Waals surface area contributed by atoms with E-state index in [0.29, 0.717) is 12.2 Å². The predicted molar refractivity (Wildman–Crippen MR) is 114 cm³/mol. The zero-order valence-corrected chi connectivity index (χ0v) is 16.3. The van der Waals surface area contributed by atoms with Gasteiger partial charge in [-0.25, -0.2) is 4.79 Å². The number of aromatic carboxylic acids is 1. The predicted octanol–water partition coefficient (Wildman–Crippen LogP) is 3.83. The Bertz CT molecular complexity index is 1090. The Morgan fingerprint density at radius 2 is 1.77 bits per heavy atom. The number of carbonyl (C=O) groups is 2. The van der Waals surface area contributed by atoms with E-state index in [0.717, 1.165) is 18.5 Å². The third-order valence-electron chi connectivity index (χ3n) is 4.60. The molecule has 1 heterocycles. The van der Waals surface area contributed by atoms with Gasteiger partial charge in [-0.15, -0.1) is 0 Å². The van der Waals surface area contributed by atoms with Crippen LogP contribution >= 0.6 is 0 Å². The van der Waals surface area contributed by atoms with Crippen LogP contribution < -0.4 is 5.32 Å². The van der Waals surface area contributed by atoms with E-state index in [4.69, 9.17) is 5.11 Å². The Balaban J connectivity index is 1.66. The van der Waals surface area contributed by atoms with Crippen molar-refractivity contribution in [3.63, 3.8) is 0 Å². The summed E-state index contributed by atoms with van der Waals surface area (Å²) in [7, 11) is 0. The molecular formula is C24H21N3O3. The maximum absolute atomic E-state index is 12.4. The number of nitrogens with one attached hydrogen (secondary N) is 1. The number of rotatable bonds is 8. The number of hydrogen-bond acceptors (Lipinski definition) is 3. The van der Waals surface area contributed by atoms with E-state index in [-0.39, 0.29) is 11.1 Å². The van der Waals surface area contributed by atoms with Crippen molar-refractivity contribution in [2.24, 2.45) is 0 Å². The van der Waals surface area contributed by atoms with Gasteiger partial charge in [0.15, 0.2) is 0 Å². The second-order valence-corrected chi connectivity index (χ2v) is 6.67. The molecule has 150 valence electrons. The molecule has 0 saturated carbocycles. The van der Waals surface area contributed by atoms with Crippen LogP contribution in [0.4, 0.5) is 0 Å². The normalized spacial score (nSPS) is 11.0. The molecule has 6 nitrogen and oxygen atoms in total. The molecule has 0 spiro atoms. The van der Waals surface area contributed by atoms with Crippen molar-refractivity contribution in [2.75, 3.05) is 6.54 Å². The maximum Gasteiger partial charge on any atom is 0.335 e. The van der Waals surface area contributed by atoms with Crippen LogP contribution in [0, 0.1) is 11.3 Å². The number of carbonyl (C=O) groups excluding carboxylic acids is 1. The van der Waals surface area contributed by atoms with Crippen LogP contribution in [0.15, 0.2) is 78.5 Å². The summed E-state index contributed by atoms with van der Waals surface area (Å²) in [5.41, 5.74) is 2.79. The zero-order valence-electron chi connectivity index (χ0n) is 16.3. The van der Waals surface area contributed by atoms with Crippen LogP contribution in [-0.4, -0.2) is 28.1 Å². The molecule has 1 aromatic heterocycles. The number of nitrogens with zero attached hydrogens (tertiary/aromatic N) is 2. The molecule has 0 atom stereocenters. The Kier molecular flexibility index (Phi) is 6.80.